The SMILES string of the molecule is Cc1ncc(CNC(=O)c2ccccc2)c(=O)[nH]1. The Morgan fingerprint density at radius 3 is 2.72 bits per heavy atom. The lowest BCUT2D eigenvalue weighted by molar-refractivity contribution is 0.0951. The number of carbonyl (C=O) groups excluding carboxylic acids is 1. The summed E-state index contributed by atoms with van der Waals surface area (Å²) in [7, 11) is 0. The molecule has 2 aromatic rings. The van der Waals surface area contributed by atoms with Crippen molar-refractivity contribution in [3.63, 3.8) is 0 Å². The van der Waals surface area contributed by atoms with Gasteiger partial charge in [-0.1, -0.05) is 18.2 Å². The van der Waals surface area contributed by atoms with E-state index in [4.69, 9.17) is 0 Å². The van der Waals surface area contributed by atoms with E-state index in [0.717, 1.165) is 0 Å². The molecule has 0 atom stereocenters. The number of carbonyl (C=O) groups is 1. The van der Waals surface area contributed by atoms with Gasteiger partial charge in [-0.3, -0.25) is 9.59 Å². The van der Waals surface area contributed by atoms with Gasteiger partial charge in [-0.15, -0.1) is 0 Å². The molecule has 0 aliphatic carbocycles. The van der Waals surface area contributed by atoms with Crippen LogP contribution in [0.4, 0.5) is 0 Å². The average Bonchev–Trinajstić information content (AvgIpc) is 2.38. The van der Waals surface area contributed by atoms with E-state index >= 15 is 0 Å². The lowest BCUT2D eigenvalue weighted by Crippen LogP contribution is -2.27. The third-order valence-electron chi connectivity index (χ3n) is 2.48. The third-order valence-corrected chi connectivity index (χ3v) is 2.48. The van der Waals surface area contributed by atoms with Gasteiger partial charge in [0.25, 0.3) is 11.5 Å². The second-order valence-corrected chi connectivity index (χ2v) is 3.87. The van der Waals surface area contributed by atoms with Crippen molar-refractivity contribution in [2.24, 2.45) is 0 Å². The second-order valence-electron chi connectivity index (χ2n) is 3.87. The molecule has 1 aromatic heterocycles. The summed E-state index contributed by atoms with van der Waals surface area (Å²) in [6.07, 6.45) is 1.47. The zero-order valence-electron chi connectivity index (χ0n) is 9.93. The number of aromatic amines is 1. The number of aryl methyl sites for hydroxylation is 1. The van der Waals surface area contributed by atoms with E-state index in [1.165, 1.54) is 6.20 Å². The van der Waals surface area contributed by atoms with Crippen LogP contribution < -0.4 is 10.9 Å². The minimum absolute atomic E-state index is 0.163. The molecule has 2 rings (SSSR count). The number of hydrogen-bond donors (Lipinski definition) is 2. The molecule has 0 bridgehead atoms. The van der Waals surface area contributed by atoms with E-state index in [2.05, 4.69) is 15.3 Å². The topological polar surface area (TPSA) is 74.8 Å². The molecule has 0 fully saturated rings. The summed E-state index contributed by atoms with van der Waals surface area (Å²) in [5, 5.41) is 2.68. The number of amides is 1. The van der Waals surface area contributed by atoms with Crippen LogP contribution in [0.3, 0.4) is 0 Å². The highest BCUT2D eigenvalue weighted by molar-refractivity contribution is 5.94. The number of benzene rings is 1. The molecule has 5 heteroatoms. The van der Waals surface area contributed by atoms with Gasteiger partial charge in [0.05, 0.1) is 12.1 Å². The normalized spacial score (nSPS) is 10.1. The first-order chi connectivity index (χ1) is 8.66. The van der Waals surface area contributed by atoms with Crippen LogP contribution in [-0.4, -0.2) is 15.9 Å². The zero-order chi connectivity index (χ0) is 13.0. The second kappa shape index (κ2) is 5.27. The fourth-order valence-corrected chi connectivity index (χ4v) is 1.50. The first kappa shape index (κ1) is 12.0. The van der Waals surface area contributed by atoms with Gasteiger partial charge in [0.15, 0.2) is 0 Å². The highest BCUT2D eigenvalue weighted by atomic mass is 16.1. The Hall–Kier alpha value is -2.43. The van der Waals surface area contributed by atoms with Gasteiger partial charge in [0.2, 0.25) is 0 Å². The van der Waals surface area contributed by atoms with Crippen LogP contribution in [0.25, 0.3) is 0 Å². The fourth-order valence-electron chi connectivity index (χ4n) is 1.50. The summed E-state index contributed by atoms with van der Waals surface area (Å²) in [5.41, 5.74) is 0.773. The molecule has 0 radical (unpaired) electrons. The molecule has 1 amide bonds. The molecule has 5 nitrogen and oxygen atoms in total. The highest BCUT2D eigenvalue weighted by Gasteiger charge is 2.06. The van der Waals surface area contributed by atoms with Crippen molar-refractivity contribution in [3.8, 4) is 0 Å². The van der Waals surface area contributed by atoms with Crippen molar-refractivity contribution >= 4 is 5.91 Å². The summed E-state index contributed by atoms with van der Waals surface area (Å²) in [6.45, 7) is 1.87. The standard InChI is InChI=1S/C13H13N3O2/c1-9-14-7-11(13(18)16-9)8-15-12(17)10-5-3-2-4-6-10/h2-7H,8H2,1H3,(H,15,17)(H,14,16,18). The van der Waals surface area contributed by atoms with Gasteiger partial charge in [-0.2, -0.15) is 0 Å². The Morgan fingerprint density at radius 2 is 2.06 bits per heavy atom. The molecule has 0 spiro atoms. The van der Waals surface area contributed by atoms with Crippen LogP contribution in [0, 0.1) is 6.92 Å². The molecule has 92 valence electrons. The van der Waals surface area contributed by atoms with Crippen molar-refractivity contribution in [1.82, 2.24) is 15.3 Å². The fraction of sp³-hybridized carbons (Fsp3) is 0.154. The maximum atomic E-state index is 11.8. The van der Waals surface area contributed by atoms with Crippen LogP contribution in [-0.2, 0) is 6.54 Å². The molecular formula is C13H13N3O2. The van der Waals surface area contributed by atoms with Crippen LogP contribution in [0.5, 0.6) is 0 Å². The van der Waals surface area contributed by atoms with Gasteiger partial charge in [-0.25, -0.2) is 4.98 Å². The van der Waals surface area contributed by atoms with E-state index < -0.39 is 0 Å². The van der Waals surface area contributed by atoms with Crippen molar-refractivity contribution in [1.29, 1.82) is 0 Å². The van der Waals surface area contributed by atoms with E-state index in [1.54, 1.807) is 31.2 Å². The molecule has 0 aliphatic rings. The average molecular weight is 243 g/mol. The van der Waals surface area contributed by atoms with Crippen molar-refractivity contribution in [2.75, 3.05) is 0 Å². The van der Waals surface area contributed by atoms with Crippen LogP contribution in [0.15, 0.2) is 41.3 Å². The number of nitrogens with zero attached hydrogens (tertiary/aromatic N) is 1. The molecule has 18 heavy (non-hydrogen) atoms. The van der Waals surface area contributed by atoms with Gasteiger partial charge in [-0.05, 0) is 19.1 Å². The molecular weight excluding hydrogens is 230 g/mol. The van der Waals surface area contributed by atoms with Gasteiger partial charge in [0.1, 0.15) is 5.82 Å². The summed E-state index contributed by atoms with van der Waals surface area (Å²) in [4.78, 5) is 29.9. The first-order valence-electron chi connectivity index (χ1n) is 5.55. The third kappa shape index (κ3) is 2.82. The molecule has 0 saturated heterocycles. The predicted molar refractivity (Wildman–Crippen MR) is 67.2 cm³/mol. The van der Waals surface area contributed by atoms with Crippen molar-refractivity contribution in [3.05, 3.63) is 63.8 Å². The number of nitrogens with one attached hydrogen (secondary N) is 2. The quantitative estimate of drug-likeness (QED) is 0.844. The number of hydrogen-bond acceptors (Lipinski definition) is 3. The number of aromatic nitrogens is 2. The molecule has 0 unspecified atom stereocenters. The van der Waals surface area contributed by atoms with Gasteiger partial charge >= 0.3 is 0 Å². The van der Waals surface area contributed by atoms with E-state index in [0.29, 0.717) is 17.0 Å². The predicted octanol–water partition coefficient (Wildman–Crippen LogP) is 1.01. The first-order valence-corrected chi connectivity index (χ1v) is 5.55. The Morgan fingerprint density at radius 1 is 1.33 bits per heavy atom. The minimum atomic E-state index is -0.226. The molecule has 0 saturated carbocycles. The molecule has 0 aliphatic heterocycles. The Kier molecular flexibility index (Phi) is 3.52. The summed E-state index contributed by atoms with van der Waals surface area (Å²) < 4.78 is 0. The van der Waals surface area contributed by atoms with Crippen molar-refractivity contribution in [2.45, 2.75) is 13.5 Å². The molecule has 1 aromatic carbocycles. The van der Waals surface area contributed by atoms with Crippen LogP contribution in [0.2, 0.25) is 0 Å². The van der Waals surface area contributed by atoms with E-state index in [-0.39, 0.29) is 18.0 Å². The van der Waals surface area contributed by atoms with Gasteiger partial charge in [0, 0.05) is 11.8 Å². The molecule has 1 heterocycles. The van der Waals surface area contributed by atoms with E-state index in [1.807, 2.05) is 6.07 Å². The molecule has 2 N–H and O–H groups in total. The monoisotopic (exact) mass is 243 g/mol. The summed E-state index contributed by atoms with van der Waals surface area (Å²) in [5.74, 6) is 0.341. The maximum Gasteiger partial charge on any atom is 0.255 e. The van der Waals surface area contributed by atoms with Crippen LogP contribution in [0.1, 0.15) is 21.7 Å². The van der Waals surface area contributed by atoms with Crippen LogP contribution >= 0.6 is 0 Å². The highest BCUT2D eigenvalue weighted by Crippen LogP contribution is 1.98. The number of H-pyrrole nitrogens is 1. The Bertz CT molecular complexity index is 605. The van der Waals surface area contributed by atoms with Gasteiger partial charge < -0.3 is 10.3 Å². The minimum Gasteiger partial charge on any atom is -0.348 e. The summed E-state index contributed by atoms with van der Waals surface area (Å²) in [6, 6.07) is 8.84. The zero-order valence-corrected chi connectivity index (χ0v) is 9.93. The van der Waals surface area contributed by atoms with Crippen molar-refractivity contribution < 1.29 is 4.79 Å². The smallest absolute Gasteiger partial charge is 0.255 e. The largest absolute Gasteiger partial charge is 0.348 e. The maximum absolute atomic E-state index is 11.8. The Balaban J connectivity index is 2.04. The lowest BCUT2D eigenvalue weighted by Gasteiger charge is -2.04. The summed E-state index contributed by atoms with van der Waals surface area (Å²) >= 11 is 0. The van der Waals surface area contributed by atoms with E-state index in [9.17, 15) is 9.59 Å². The lowest BCUT2D eigenvalue weighted by atomic mass is 10.2. The Labute approximate surface area is 104 Å². The number of rotatable bonds is 3.